The van der Waals surface area contributed by atoms with Gasteiger partial charge in [-0.15, -0.1) is 0 Å². The summed E-state index contributed by atoms with van der Waals surface area (Å²) in [6, 6.07) is 7.62. The Balaban J connectivity index is 1.57. The van der Waals surface area contributed by atoms with Gasteiger partial charge in [0.05, 0.1) is 30.7 Å². The molecular weight excluding hydrogens is 452 g/mol. The number of aliphatic imine (C=N–C) groups is 1. The number of nitrogens with zero attached hydrogens (tertiary/aromatic N) is 3. The maximum atomic E-state index is 13.0. The highest BCUT2D eigenvalue weighted by atomic mass is 16.7. The van der Waals surface area contributed by atoms with Crippen LogP contribution in [0, 0.1) is 0 Å². The fourth-order valence-corrected chi connectivity index (χ4v) is 3.79. The number of rotatable bonds is 6. The van der Waals surface area contributed by atoms with Crippen LogP contribution >= 0.6 is 0 Å². The smallest absolute Gasteiger partial charge is 0.255 e. The van der Waals surface area contributed by atoms with Crippen LogP contribution in [0.2, 0.25) is 0 Å². The van der Waals surface area contributed by atoms with Gasteiger partial charge in [0.15, 0.2) is 0 Å². The molecule has 36 heavy (non-hydrogen) atoms. The second kappa shape index (κ2) is 12.1. The van der Waals surface area contributed by atoms with Crippen LogP contribution in [0.5, 0.6) is 0 Å². The molecule has 0 spiro atoms. The Morgan fingerprint density at radius 1 is 1.28 bits per heavy atom. The topological polar surface area (TPSA) is 75.5 Å². The van der Waals surface area contributed by atoms with Crippen LogP contribution in [0.25, 0.3) is 0 Å². The molecule has 1 N–H and O–H groups in total. The standard InChI is InChI=1S/C29H30N4O3/c1-4-6-9-22(5-2)27-15-16-30-28-14-13-26(32-33(27)28)23-10-7-12-25(19-23)31-29(34)24-11-8-17-35-20-36-21(3)18-24/h4-15,18-19,21H,2,16-17,20H2,1,3H3,(H,31,34)/b6-4-,11-8-,22-9+,24-18+. The first-order valence-electron chi connectivity index (χ1n) is 11.9. The van der Waals surface area contributed by atoms with E-state index in [4.69, 9.17) is 14.6 Å². The van der Waals surface area contributed by atoms with E-state index >= 15 is 0 Å². The maximum absolute atomic E-state index is 13.0. The van der Waals surface area contributed by atoms with Crippen LogP contribution < -0.4 is 5.32 Å². The van der Waals surface area contributed by atoms with Gasteiger partial charge >= 0.3 is 0 Å². The second-order valence-corrected chi connectivity index (χ2v) is 8.19. The van der Waals surface area contributed by atoms with Crippen molar-refractivity contribution in [2.45, 2.75) is 20.0 Å². The van der Waals surface area contributed by atoms with E-state index in [-0.39, 0.29) is 18.8 Å². The molecule has 7 heteroatoms. The highest BCUT2D eigenvalue weighted by Gasteiger charge is 2.23. The van der Waals surface area contributed by atoms with Crippen molar-refractivity contribution in [3.8, 4) is 0 Å². The van der Waals surface area contributed by atoms with Gasteiger partial charge in [0.2, 0.25) is 0 Å². The van der Waals surface area contributed by atoms with Gasteiger partial charge in [-0.3, -0.25) is 9.79 Å². The fourth-order valence-electron chi connectivity index (χ4n) is 3.79. The molecule has 3 heterocycles. The third kappa shape index (κ3) is 6.13. The second-order valence-electron chi connectivity index (χ2n) is 8.19. The van der Waals surface area contributed by atoms with Crippen molar-refractivity contribution in [1.82, 2.24) is 5.01 Å². The van der Waals surface area contributed by atoms with Gasteiger partial charge < -0.3 is 14.8 Å². The van der Waals surface area contributed by atoms with Crippen molar-refractivity contribution in [3.63, 3.8) is 0 Å². The number of benzene rings is 1. The summed E-state index contributed by atoms with van der Waals surface area (Å²) in [6.45, 7) is 8.96. The van der Waals surface area contributed by atoms with Crippen molar-refractivity contribution in [2.75, 3.05) is 25.3 Å². The first-order chi connectivity index (χ1) is 17.6. The minimum Gasteiger partial charge on any atom is -0.351 e. The van der Waals surface area contributed by atoms with Crippen molar-refractivity contribution in [2.24, 2.45) is 10.1 Å². The van der Waals surface area contributed by atoms with Crippen LogP contribution in [0.4, 0.5) is 5.69 Å². The number of carbonyl (C=O) groups excluding carboxylic acids is 1. The molecule has 0 saturated heterocycles. The third-order valence-corrected chi connectivity index (χ3v) is 5.58. The van der Waals surface area contributed by atoms with Gasteiger partial charge in [0.1, 0.15) is 12.6 Å². The average Bonchev–Trinajstić information content (AvgIpc) is 3.01. The van der Waals surface area contributed by atoms with Gasteiger partial charge in [-0.1, -0.05) is 55.2 Å². The number of hydrazone groups is 1. The van der Waals surface area contributed by atoms with Gasteiger partial charge in [0.25, 0.3) is 5.91 Å². The van der Waals surface area contributed by atoms with Crippen LogP contribution in [-0.2, 0) is 14.3 Å². The summed E-state index contributed by atoms with van der Waals surface area (Å²) in [5.41, 5.74) is 4.70. The van der Waals surface area contributed by atoms with E-state index in [1.807, 2.05) is 85.7 Å². The molecule has 1 amide bonds. The molecule has 0 saturated carbocycles. The summed E-state index contributed by atoms with van der Waals surface area (Å²) >= 11 is 0. The summed E-state index contributed by atoms with van der Waals surface area (Å²) in [7, 11) is 0. The zero-order chi connectivity index (χ0) is 25.3. The number of allylic oxidation sites excluding steroid dienone is 5. The van der Waals surface area contributed by atoms with E-state index in [1.54, 1.807) is 18.2 Å². The molecule has 0 bridgehead atoms. The van der Waals surface area contributed by atoms with E-state index in [1.165, 1.54) is 0 Å². The lowest BCUT2D eigenvalue weighted by Gasteiger charge is -2.29. The molecule has 0 fully saturated rings. The highest BCUT2D eigenvalue weighted by molar-refractivity contribution is 6.15. The summed E-state index contributed by atoms with van der Waals surface area (Å²) in [6.07, 6.45) is 18.8. The van der Waals surface area contributed by atoms with Crippen LogP contribution in [0.1, 0.15) is 19.4 Å². The van der Waals surface area contributed by atoms with Crippen molar-refractivity contribution in [1.29, 1.82) is 0 Å². The highest BCUT2D eigenvalue weighted by Crippen LogP contribution is 2.25. The van der Waals surface area contributed by atoms with Crippen molar-refractivity contribution < 1.29 is 14.3 Å². The summed E-state index contributed by atoms with van der Waals surface area (Å²) in [5, 5.41) is 9.69. The monoisotopic (exact) mass is 482 g/mol. The number of hydrogen-bond donors (Lipinski definition) is 1. The molecule has 1 aromatic carbocycles. The zero-order valence-corrected chi connectivity index (χ0v) is 20.6. The lowest BCUT2D eigenvalue weighted by atomic mass is 10.1. The minimum atomic E-state index is -0.244. The van der Waals surface area contributed by atoms with Crippen LogP contribution in [0.3, 0.4) is 0 Å². The number of anilines is 1. The van der Waals surface area contributed by atoms with Crippen LogP contribution in [0.15, 0.2) is 119 Å². The Morgan fingerprint density at radius 2 is 2.17 bits per heavy atom. The van der Waals surface area contributed by atoms with E-state index in [0.717, 1.165) is 28.4 Å². The SMILES string of the molecule is C=C/C(=C\C=C/C)C1=CCN=C2C=CC(c3cccc(NC(=O)C4=C/C(C)OCOC/C=C\4)c3)=NN12. The Kier molecular flexibility index (Phi) is 8.39. The molecule has 0 aliphatic carbocycles. The van der Waals surface area contributed by atoms with E-state index in [2.05, 4.69) is 16.9 Å². The summed E-state index contributed by atoms with van der Waals surface area (Å²) in [5.74, 6) is 0.551. The molecule has 3 aliphatic rings. The van der Waals surface area contributed by atoms with Gasteiger partial charge in [0, 0.05) is 16.8 Å². The third-order valence-electron chi connectivity index (χ3n) is 5.58. The normalized spacial score (nSPS) is 22.7. The molecule has 1 unspecified atom stereocenters. The molecule has 1 atom stereocenters. The molecule has 4 rings (SSSR count). The molecule has 1 aromatic rings. The molecule has 0 radical (unpaired) electrons. The number of carbonyl (C=O) groups is 1. The lowest BCUT2D eigenvalue weighted by molar-refractivity contribution is -0.112. The molecular formula is C29H30N4O3. The van der Waals surface area contributed by atoms with E-state index in [9.17, 15) is 4.79 Å². The summed E-state index contributed by atoms with van der Waals surface area (Å²) < 4.78 is 10.8. The van der Waals surface area contributed by atoms with Crippen molar-refractivity contribution >= 4 is 23.1 Å². The fraction of sp³-hybridized carbons (Fsp3) is 0.207. The lowest BCUT2D eigenvalue weighted by Crippen LogP contribution is -2.31. The van der Waals surface area contributed by atoms with Crippen LogP contribution in [-0.4, -0.2) is 48.5 Å². The molecule has 0 aromatic heterocycles. The Hall–Kier alpha value is -4.07. The molecule has 184 valence electrons. The number of hydrogen-bond acceptors (Lipinski definition) is 6. The maximum Gasteiger partial charge on any atom is 0.255 e. The van der Waals surface area contributed by atoms with Gasteiger partial charge in [-0.2, -0.15) is 5.10 Å². The Morgan fingerprint density at radius 3 is 3.00 bits per heavy atom. The quantitative estimate of drug-likeness (QED) is 0.575. The largest absolute Gasteiger partial charge is 0.351 e. The zero-order valence-electron chi connectivity index (χ0n) is 20.6. The number of amides is 1. The number of ether oxygens (including phenoxy) is 2. The number of fused-ring (bicyclic) bond motifs is 1. The minimum absolute atomic E-state index is 0.189. The predicted molar refractivity (Wildman–Crippen MR) is 145 cm³/mol. The van der Waals surface area contributed by atoms with E-state index in [0.29, 0.717) is 24.4 Å². The summed E-state index contributed by atoms with van der Waals surface area (Å²) in [4.78, 5) is 17.5. The number of amidine groups is 1. The van der Waals surface area contributed by atoms with Gasteiger partial charge in [-0.25, -0.2) is 5.01 Å². The number of nitrogens with one attached hydrogen (secondary N) is 1. The van der Waals surface area contributed by atoms with Crippen molar-refractivity contribution in [3.05, 3.63) is 114 Å². The van der Waals surface area contributed by atoms with Gasteiger partial charge in [-0.05, 0) is 55.9 Å². The Labute approximate surface area is 211 Å². The first-order valence-corrected chi connectivity index (χ1v) is 11.9. The van der Waals surface area contributed by atoms with E-state index < -0.39 is 0 Å². The Bertz CT molecular complexity index is 1260. The first kappa shape index (κ1) is 25.0. The molecule has 3 aliphatic heterocycles. The average molecular weight is 483 g/mol. The molecule has 7 nitrogen and oxygen atoms in total. The predicted octanol–water partition coefficient (Wildman–Crippen LogP) is 5.06.